The molecule has 0 radical (unpaired) electrons. The summed E-state index contributed by atoms with van der Waals surface area (Å²) in [6.07, 6.45) is 0. The molecule has 0 unspecified atom stereocenters. The number of ether oxygens (including phenoxy) is 2. The number of nitrogens with zero attached hydrogens (tertiary/aromatic N) is 1. The lowest BCUT2D eigenvalue weighted by Gasteiger charge is -2.27. The summed E-state index contributed by atoms with van der Waals surface area (Å²) in [7, 11) is 0. The maximum Gasteiger partial charge on any atom is 0.273 e. The molecule has 3 aromatic rings. The summed E-state index contributed by atoms with van der Waals surface area (Å²) in [6.45, 7) is 5.47. The van der Waals surface area contributed by atoms with Gasteiger partial charge in [0.1, 0.15) is 19.0 Å². The average Bonchev–Trinajstić information content (AvgIpc) is 3.22. The molecule has 0 atom stereocenters. The highest BCUT2D eigenvalue weighted by Gasteiger charge is 2.25. The Balaban J connectivity index is 1.45. The van der Waals surface area contributed by atoms with Crippen LogP contribution < -0.4 is 14.8 Å². The summed E-state index contributed by atoms with van der Waals surface area (Å²) in [4.78, 5) is 12.5. The van der Waals surface area contributed by atoms with Crippen molar-refractivity contribution in [2.45, 2.75) is 19.3 Å². The second-order valence-corrected chi connectivity index (χ2v) is 7.48. The Morgan fingerprint density at radius 3 is 2.66 bits per heavy atom. The van der Waals surface area contributed by atoms with E-state index in [1.165, 1.54) is 12.1 Å². The number of hydrogen-bond acceptors (Lipinski definition) is 5. The first-order valence-corrected chi connectivity index (χ1v) is 9.34. The van der Waals surface area contributed by atoms with Crippen molar-refractivity contribution in [3.05, 3.63) is 65.6 Å². The highest BCUT2D eigenvalue weighted by atomic mass is 19.1. The number of carbonyl (C=O) groups is 1. The highest BCUT2D eigenvalue weighted by molar-refractivity contribution is 5.93. The number of fused-ring (bicyclic) bond motifs is 1. The standard InChI is InChI=1S/C22H21FN2O4/c1-22(2,14-7-8-18-20(11-14)28-10-9-27-18)13-24-21(26)17-12-19(29-25-17)15-5-3-4-6-16(15)23/h3-8,11-12H,9-10,13H2,1-2H3,(H,24,26). The molecule has 0 saturated heterocycles. The molecule has 0 saturated carbocycles. The highest BCUT2D eigenvalue weighted by Crippen LogP contribution is 2.35. The number of nitrogens with one attached hydrogen (secondary N) is 1. The fourth-order valence-electron chi connectivity index (χ4n) is 3.13. The second-order valence-electron chi connectivity index (χ2n) is 7.48. The fourth-order valence-corrected chi connectivity index (χ4v) is 3.13. The Labute approximate surface area is 167 Å². The molecule has 0 fully saturated rings. The van der Waals surface area contributed by atoms with Crippen LogP contribution in [0.2, 0.25) is 0 Å². The van der Waals surface area contributed by atoms with Crippen molar-refractivity contribution in [1.82, 2.24) is 10.5 Å². The summed E-state index contributed by atoms with van der Waals surface area (Å²) in [5, 5.41) is 6.64. The second kappa shape index (κ2) is 7.58. The Morgan fingerprint density at radius 2 is 1.86 bits per heavy atom. The molecule has 1 aromatic heterocycles. The minimum atomic E-state index is -0.435. The maximum absolute atomic E-state index is 13.9. The molecule has 1 aliphatic heterocycles. The Morgan fingerprint density at radius 1 is 1.10 bits per heavy atom. The SMILES string of the molecule is CC(C)(CNC(=O)c1cc(-c2ccccc2F)on1)c1ccc2c(c1)OCCO2. The maximum atomic E-state index is 13.9. The van der Waals surface area contributed by atoms with Crippen LogP contribution in [0.25, 0.3) is 11.3 Å². The van der Waals surface area contributed by atoms with Crippen LogP contribution in [0.1, 0.15) is 29.9 Å². The number of amides is 1. The number of rotatable bonds is 5. The van der Waals surface area contributed by atoms with Gasteiger partial charge >= 0.3 is 0 Å². The van der Waals surface area contributed by atoms with E-state index in [1.54, 1.807) is 18.2 Å². The zero-order valence-electron chi connectivity index (χ0n) is 16.2. The first kappa shape index (κ1) is 19.0. The van der Waals surface area contributed by atoms with Crippen LogP contribution in [0.4, 0.5) is 4.39 Å². The van der Waals surface area contributed by atoms with E-state index in [0.29, 0.717) is 25.5 Å². The van der Waals surface area contributed by atoms with Crippen LogP contribution >= 0.6 is 0 Å². The number of halogens is 1. The molecule has 29 heavy (non-hydrogen) atoms. The van der Waals surface area contributed by atoms with E-state index in [1.807, 2.05) is 32.0 Å². The molecule has 7 heteroatoms. The van der Waals surface area contributed by atoms with Crippen molar-refractivity contribution in [3.8, 4) is 22.8 Å². The molecular weight excluding hydrogens is 375 g/mol. The van der Waals surface area contributed by atoms with Crippen LogP contribution in [0.3, 0.4) is 0 Å². The van der Waals surface area contributed by atoms with Gasteiger partial charge < -0.3 is 19.3 Å². The van der Waals surface area contributed by atoms with Crippen molar-refractivity contribution >= 4 is 5.91 Å². The molecule has 4 rings (SSSR count). The lowest BCUT2D eigenvalue weighted by molar-refractivity contribution is 0.0936. The van der Waals surface area contributed by atoms with Gasteiger partial charge in [-0.15, -0.1) is 0 Å². The zero-order chi connectivity index (χ0) is 20.4. The van der Waals surface area contributed by atoms with E-state index >= 15 is 0 Å². The average molecular weight is 396 g/mol. The van der Waals surface area contributed by atoms with Gasteiger partial charge in [0.05, 0.1) is 5.56 Å². The molecule has 2 heterocycles. The van der Waals surface area contributed by atoms with Crippen molar-refractivity contribution in [1.29, 1.82) is 0 Å². The van der Waals surface area contributed by atoms with Crippen LogP contribution in [0.15, 0.2) is 53.1 Å². The van der Waals surface area contributed by atoms with E-state index in [0.717, 1.165) is 11.3 Å². The minimum Gasteiger partial charge on any atom is -0.486 e. The van der Waals surface area contributed by atoms with E-state index < -0.39 is 5.82 Å². The predicted molar refractivity (Wildman–Crippen MR) is 105 cm³/mol. The van der Waals surface area contributed by atoms with Crippen molar-refractivity contribution < 1.29 is 23.2 Å². The third kappa shape index (κ3) is 3.94. The first-order chi connectivity index (χ1) is 13.9. The normalized spacial score (nSPS) is 13.2. The van der Waals surface area contributed by atoms with Gasteiger partial charge in [-0.3, -0.25) is 4.79 Å². The number of benzene rings is 2. The summed E-state index contributed by atoms with van der Waals surface area (Å²) in [5.74, 6) is 0.818. The quantitative estimate of drug-likeness (QED) is 0.707. The molecule has 1 N–H and O–H groups in total. The number of hydrogen-bond donors (Lipinski definition) is 1. The lowest BCUT2D eigenvalue weighted by Crippen LogP contribution is -2.36. The molecule has 1 amide bonds. The van der Waals surface area contributed by atoms with E-state index in [9.17, 15) is 9.18 Å². The number of aromatic nitrogens is 1. The van der Waals surface area contributed by atoms with Gasteiger partial charge in [0.2, 0.25) is 0 Å². The largest absolute Gasteiger partial charge is 0.486 e. The Hall–Kier alpha value is -3.35. The number of carbonyl (C=O) groups excluding carboxylic acids is 1. The van der Waals surface area contributed by atoms with Crippen molar-refractivity contribution in [2.24, 2.45) is 0 Å². The van der Waals surface area contributed by atoms with Gasteiger partial charge in [0, 0.05) is 18.0 Å². The molecule has 150 valence electrons. The fraction of sp³-hybridized carbons (Fsp3) is 0.273. The van der Waals surface area contributed by atoms with Crippen LogP contribution in [-0.4, -0.2) is 30.8 Å². The third-order valence-corrected chi connectivity index (χ3v) is 4.90. The van der Waals surface area contributed by atoms with Crippen LogP contribution in [0.5, 0.6) is 11.5 Å². The molecule has 6 nitrogen and oxygen atoms in total. The molecule has 1 aliphatic rings. The van der Waals surface area contributed by atoms with Gasteiger partial charge in [-0.2, -0.15) is 0 Å². The summed E-state index contributed by atoms with van der Waals surface area (Å²) < 4.78 is 30.2. The first-order valence-electron chi connectivity index (χ1n) is 9.34. The van der Waals surface area contributed by atoms with E-state index in [-0.39, 0.29) is 28.3 Å². The van der Waals surface area contributed by atoms with Gasteiger partial charge in [-0.25, -0.2) is 4.39 Å². The van der Waals surface area contributed by atoms with E-state index in [4.69, 9.17) is 14.0 Å². The van der Waals surface area contributed by atoms with Crippen LogP contribution in [0, 0.1) is 5.82 Å². The van der Waals surface area contributed by atoms with Gasteiger partial charge in [0.15, 0.2) is 23.0 Å². The van der Waals surface area contributed by atoms with Gasteiger partial charge in [-0.1, -0.05) is 37.2 Å². The minimum absolute atomic E-state index is 0.0984. The summed E-state index contributed by atoms with van der Waals surface area (Å²) >= 11 is 0. The van der Waals surface area contributed by atoms with E-state index in [2.05, 4.69) is 10.5 Å². The Kier molecular flexibility index (Phi) is 4.96. The topological polar surface area (TPSA) is 73.6 Å². The zero-order valence-corrected chi connectivity index (χ0v) is 16.2. The summed E-state index contributed by atoms with van der Waals surface area (Å²) in [6, 6.07) is 13.4. The van der Waals surface area contributed by atoms with Crippen molar-refractivity contribution in [3.63, 3.8) is 0 Å². The lowest BCUT2D eigenvalue weighted by atomic mass is 9.84. The van der Waals surface area contributed by atoms with Crippen LogP contribution in [-0.2, 0) is 5.41 Å². The molecule has 0 bridgehead atoms. The summed E-state index contributed by atoms with van der Waals surface area (Å²) in [5.41, 5.74) is 1.01. The van der Waals surface area contributed by atoms with Gasteiger partial charge in [0.25, 0.3) is 5.91 Å². The monoisotopic (exact) mass is 396 g/mol. The molecular formula is C22H21FN2O4. The molecule has 0 aliphatic carbocycles. The third-order valence-electron chi connectivity index (χ3n) is 4.90. The smallest absolute Gasteiger partial charge is 0.273 e. The molecule has 0 spiro atoms. The molecule has 2 aromatic carbocycles. The van der Waals surface area contributed by atoms with Crippen molar-refractivity contribution in [2.75, 3.05) is 19.8 Å². The van der Waals surface area contributed by atoms with Gasteiger partial charge in [-0.05, 0) is 29.8 Å². The Bertz CT molecular complexity index is 1040. The predicted octanol–water partition coefficient (Wildman–Crippen LogP) is 3.96.